The van der Waals surface area contributed by atoms with Gasteiger partial charge in [0.2, 0.25) is 5.91 Å². The Morgan fingerprint density at radius 3 is 2.33 bits per heavy atom. The molecule has 3 aromatic rings. The van der Waals surface area contributed by atoms with Crippen LogP contribution in [-0.2, 0) is 4.79 Å². The summed E-state index contributed by atoms with van der Waals surface area (Å²) in [7, 11) is 0. The molecule has 3 nitrogen and oxygen atoms in total. The largest absolute Gasteiger partial charge is 0.272 e. The summed E-state index contributed by atoms with van der Waals surface area (Å²) in [6.07, 6.45) is 1.59. The van der Waals surface area contributed by atoms with Gasteiger partial charge in [0.05, 0.1) is 17.2 Å². The third-order valence-corrected chi connectivity index (χ3v) is 5.91. The molecule has 0 heterocycles. The van der Waals surface area contributed by atoms with Crippen molar-refractivity contribution in [2.24, 2.45) is 5.10 Å². The van der Waals surface area contributed by atoms with Crippen molar-refractivity contribution in [2.45, 2.75) is 5.25 Å². The zero-order chi connectivity index (χ0) is 18.6. The molecule has 0 aliphatic heterocycles. The Hall–Kier alpha value is -2.56. The van der Waals surface area contributed by atoms with E-state index in [9.17, 15) is 4.79 Å². The highest BCUT2D eigenvalue weighted by Gasteiger charge is 2.28. The first kappa shape index (κ1) is 17.8. The molecular formula is C22H17ClN2OS. The van der Waals surface area contributed by atoms with Crippen molar-refractivity contribution in [3.05, 3.63) is 94.5 Å². The van der Waals surface area contributed by atoms with Crippen LogP contribution in [0.3, 0.4) is 0 Å². The molecule has 0 unspecified atom stereocenters. The molecule has 1 aliphatic carbocycles. The van der Waals surface area contributed by atoms with E-state index < -0.39 is 0 Å². The van der Waals surface area contributed by atoms with Crippen LogP contribution < -0.4 is 5.43 Å². The average molecular weight is 393 g/mol. The summed E-state index contributed by atoms with van der Waals surface area (Å²) in [6.45, 7) is 0. The van der Waals surface area contributed by atoms with Gasteiger partial charge < -0.3 is 0 Å². The molecule has 0 saturated carbocycles. The monoisotopic (exact) mass is 392 g/mol. The van der Waals surface area contributed by atoms with Crippen LogP contribution in [0, 0.1) is 0 Å². The maximum absolute atomic E-state index is 12.2. The second kappa shape index (κ2) is 7.99. The molecule has 0 fully saturated rings. The van der Waals surface area contributed by atoms with E-state index in [-0.39, 0.29) is 11.2 Å². The summed E-state index contributed by atoms with van der Waals surface area (Å²) in [5.74, 6) is 0.209. The molecule has 1 aliphatic rings. The molecule has 0 aromatic heterocycles. The van der Waals surface area contributed by atoms with Gasteiger partial charge in [-0.2, -0.15) is 5.10 Å². The van der Waals surface area contributed by atoms with Crippen molar-refractivity contribution in [1.29, 1.82) is 0 Å². The molecule has 1 amide bonds. The molecule has 0 radical (unpaired) electrons. The number of carbonyl (C=O) groups excluding carboxylic acids is 1. The van der Waals surface area contributed by atoms with Crippen molar-refractivity contribution in [1.82, 2.24) is 5.43 Å². The lowest BCUT2D eigenvalue weighted by Crippen LogP contribution is -2.20. The minimum atomic E-state index is -0.125. The first-order chi connectivity index (χ1) is 13.2. The Kier molecular flexibility index (Phi) is 5.28. The highest BCUT2D eigenvalue weighted by Crippen LogP contribution is 2.49. The van der Waals surface area contributed by atoms with Crippen LogP contribution in [0.25, 0.3) is 11.1 Å². The normalized spacial score (nSPS) is 12.8. The van der Waals surface area contributed by atoms with Crippen LogP contribution >= 0.6 is 23.4 Å². The molecule has 0 atom stereocenters. The van der Waals surface area contributed by atoms with Crippen molar-refractivity contribution < 1.29 is 4.79 Å². The van der Waals surface area contributed by atoms with Gasteiger partial charge in [-0.05, 0) is 39.9 Å². The summed E-state index contributed by atoms with van der Waals surface area (Å²) in [5.41, 5.74) is 8.47. The molecule has 4 rings (SSSR count). The number of hydrogen-bond donors (Lipinski definition) is 1. The topological polar surface area (TPSA) is 41.5 Å². The van der Waals surface area contributed by atoms with Crippen molar-refractivity contribution in [3.8, 4) is 11.1 Å². The Bertz CT molecular complexity index is 973. The van der Waals surface area contributed by atoms with Crippen molar-refractivity contribution in [3.63, 3.8) is 0 Å². The highest BCUT2D eigenvalue weighted by atomic mass is 35.5. The van der Waals surface area contributed by atoms with Gasteiger partial charge in [-0.15, -0.1) is 11.8 Å². The van der Waals surface area contributed by atoms with Crippen LogP contribution in [0.1, 0.15) is 21.9 Å². The van der Waals surface area contributed by atoms with Crippen LogP contribution in [0.15, 0.2) is 77.9 Å². The molecule has 3 aromatic carbocycles. The molecule has 0 saturated heterocycles. The van der Waals surface area contributed by atoms with Gasteiger partial charge >= 0.3 is 0 Å². The Morgan fingerprint density at radius 2 is 1.67 bits per heavy atom. The first-order valence-electron chi connectivity index (χ1n) is 8.59. The fourth-order valence-electron chi connectivity index (χ4n) is 3.25. The number of amides is 1. The van der Waals surface area contributed by atoms with Gasteiger partial charge in [0.1, 0.15) is 0 Å². The van der Waals surface area contributed by atoms with Gasteiger partial charge in [-0.25, -0.2) is 5.43 Å². The van der Waals surface area contributed by atoms with E-state index in [1.165, 1.54) is 22.3 Å². The molecule has 1 N–H and O–H groups in total. The SMILES string of the molecule is O=C(CSC1c2ccccc2-c2ccccc21)N/N=C\c1cccc(Cl)c1. The number of nitrogens with zero attached hydrogens (tertiary/aromatic N) is 1. The fraction of sp³-hybridized carbons (Fsp3) is 0.0909. The summed E-state index contributed by atoms with van der Waals surface area (Å²) in [4.78, 5) is 12.2. The number of hydrogen-bond acceptors (Lipinski definition) is 3. The number of benzene rings is 3. The van der Waals surface area contributed by atoms with E-state index in [1.54, 1.807) is 30.1 Å². The third-order valence-electron chi connectivity index (χ3n) is 4.41. The highest BCUT2D eigenvalue weighted by molar-refractivity contribution is 8.00. The molecule has 5 heteroatoms. The van der Waals surface area contributed by atoms with Crippen LogP contribution in [0.2, 0.25) is 5.02 Å². The number of hydrazone groups is 1. The minimum Gasteiger partial charge on any atom is -0.272 e. The molecule has 0 spiro atoms. The van der Waals surface area contributed by atoms with E-state index >= 15 is 0 Å². The standard InChI is InChI=1S/C22H17ClN2OS/c23-16-7-5-6-15(12-16)13-24-25-21(26)14-27-22-19-10-3-1-8-17(19)18-9-2-4-11-20(18)22/h1-13,22H,14H2,(H,25,26)/b24-13-. The minimum absolute atomic E-state index is 0.125. The lowest BCUT2D eigenvalue weighted by molar-refractivity contribution is -0.118. The van der Waals surface area contributed by atoms with E-state index in [4.69, 9.17) is 11.6 Å². The zero-order valence-corrected chi connectivity index (χ0v) is 16.0. The Morgan fingerprint density at radius 1 is 1.00 bits per heavy atom. The van der Waals surface area contributed by atoms with Crippen LogP contribution in [-0.4, -0.2) is 17.9 Å². The van der Waals surface area contributed by atoms with Gasteiger partial charge in [0.25, 0.3) is 0 Å². The first-order valence-corrected chi connectivity index (χ1v) is 10.0. The third kappa shape index (κ3) is 3.92. The van der Waals surface area contributed by atoms with E-state index in [2.05, 4.69) is 46.9 Å². The van der Waals surface area contributed by atoms with Gasteiger partial charge in [0.15, 0.2) is 0 Å². The second-order valence-corrected chi connectivity index (χ2v) is 7.74. The summed E-state index contributed by atoms with van der Waals surface area (Å²) >= 11 is 7.56. The van der Waals surface area contributed by atoms with Crippen molar-refractivity contribution in [2.75, 3.05) is 5.75 Å². The number of halogens is 1. The lowest BCUT2D eigenvalue weighted by Gasteiger charge is -2.12. The fourth-order valence-corrected chi connectivity index (χ4v) is 4.60. The van der Waals surface area contributed by atoms with Gasteiger partial charge in [-0.3, -0.25) is 4.79 Å². The molecular weight excluding hydrogens is 376 g/mol. The summed E-state index contributed by atoms with van der Waals surface area (Å²) in [5, 5.41) is 4.83. The zero-order valence-electron chi connectivity index (χ0n) is 14.4. The average Bonchev–Trinajstić information content (AvgIpc) is 3.00. The number of thioether (sulfide) groups is 1. The Labute approximate surface area is 167 Å². The maximum Gasteiger partial charge on any atom is 0.250 e. The van der Waals surface area contributed by atoms with E-state index in [0.29, 0.717) is 10.8 Å². The molecule has 27 heavy (non-hydrogen) atoms. The van der Waals surface area contributed by atoms with E-state index in [1.807, 2.05) is 24.3 Å². The lowest BCUT2D eigenvalue weighted by atomic mass is 10.1. The van der Waals surface area contributed by atoms with E-state index in [0.717, 1.165) is 5.56 Å². The molecule has 0 bridgehead atoms. The van der Waals surface area contributed by atoms with Crippen LogP contribution in [0.4, 0.5) is 0 Å². The summed E-state index contributed by atoms with van der Waals surface area (Å²) < 4.78 is 0. The number of nitrogens with one attached hydrogen (secondary N) is 1. The smallest absolute Gasteiger partial charge is 0.250 e. The number of carbonyl (C=O) groups is 1. The number of rotatable bonds is 5. The quantitative estimate of drug-likeness (QED) is 0.473. The predicted octanol–water partition coefficient (Wildman–Crippen LogP) is 5.29. The predicted molar refractivity (Wildman–Crippen MR) is 113 cm³/mol. The van der Waals surface area contributed by atoms with Gasteiger partial charge in [0, 0.05) is 5.02 Å². The summed E-state index contributed by atoms with van der Waals surface area (Å²) in [6, 6.07) is 24.1. The number of fused-ring (bicyclic) bond motifs is 3. The van der Waals surface area contributed by atoms with Crippen LogP contribution in [0.5, 0.6) is 0 Å². The second-order valence-electron chi connectivity index (χ2n) is 6.21. The maximum atomic E-state index is 12.2. The van der Waals surface area contributed by atoms with Crippen molar-refractivity contribution >= 4 is 35.5 Å². The van der Waals surface area contributed by atoms with Gasteiger partial charge in [-0.1, -0.05) is 72.3 Å². The molecule has 134 valence electrons. The Balaban J connectivity index is 1.41.